The first-order chi connectivity index (χ1) is 9.75. The zero-order valence-corrected chi connectivity index (χ0v) is 11.7. The van der Waals surface area contributed by atoms with Crippen molar-refractivity contribution in [3.8, 4) is 0 Å². The van der Waals surface area contributed by atoms with Crippen molar-refractivity contribution in [2.45, 2.75) is 18.9 Å². The molecule has 0 saturated heterocycles. The molecule has 0 bridgehead atoms. The van der Waals surface area contributed by atoms with Gasteiger partial charge in [-0.3, -0.25) is 0 Å². The van der Waals surface area contributed by atoms with E-state index in [1.807, 2.05) is 29.6 Å². The summed E-state index contributed by atoms with van der Waals surface area (Å²) in [6, 6.07) is 14.5. The van der Waals surface area contributed by atoms with E-state index in [4.69, 9.17) is 0 Å². The van der Waals surface area contributed by atoms with Crippen LogP contribution in [-0.2, 0) is 6.42 Å². The van der Waals surface area contributed by atoms with Crippen LogP contribution in [0, 0.1) is 5.82 Å². The fraction of sp³-hybridized carbons (Fsp3) is 0.176. The Balaban J connectivity index is 1.88. The normalized spacial score (nSPS) is 12.7. The molecule has 1 N–H and O–H groups in total. The molecule has 0 spiro atoms. The first kappa shape index (κ1) is 13.3. The zero-order chi connectivity index (χ0) is 13.9. The monoisotopic (exact) mass is 286 g/mol. The number of hydrogen-bond acceptors (Lipinski definition) is 2. The lowest BCUT2D eigenvalue weighted by Gasteiger charge is -2.14. The Bertz CT molecular complexity index is 706. The van der Waals surface area contributed by atoms with Crippen molar-refractivity contribution in [3.05, 3.63) is 70.2 Å². The van der Waals surface area contributed by atoms with Crippen LogP contribution in [0.15, 0.2) is 53.9 Å². The van der Waals surface area contributed by atoms with Gasteiger partial charge in [0.1, 0.15) is 5.82 Å². The summed E-state index contributed by atoms with van der Waals surface area (Å²) < 4.78 is 13.8. The molecule has 1 aromatic heterocycles. The second-order valence-electron chi connectivity index (χ2n) is 4.82. The Hall–Kier alpha value is -1.71. The SMILES string of the molecule is OC(CCc1cccs1)c1ccc(F)c2ccccc12. The van der Waals surface area contributed by atoms with Crippen molar-refractivity contribution in [3.63, 3.8) is 0 Å². The molecule has 3 heteroatoms. The van der Waals surface area contributed by atoms with E-state index in [0.717, 1.165) is 17.4 Å². The maximum absolute atomic E-state index is 13.8. The van der Waals surface area contributed by atoms with Crippen molar-refractivity contribution in [2.75, 3.05) is 0 Å². The predicted octanol–water partition coefficient (Wildman–Crippen LogP) is 4.71. The molecule has 2 aromatic carbocycles. The highest BCUT2D eigenvalue weighted by molar-refractivity contribution is 7.09. The van der Waals surface area contributed by atoms with E-state index >= 15 is 0 Å². The van der Waals surface area contributed by atoms with Crippen molar-refractivity contribution >= 4 is 22.1 Å². The maximum atomic E-state index is 13.8. The summed E-state index contributed by atoms with van der Waals surface area (Å²) in [6.45, 7) is 0. The lowest BCUT2D eigenvalue weighted by atomic mass is 9.97. The topological polar surface area (TPSA) is 20.2 Å². The van der Waals surface area contributed by atoms with Gasteiger partial charge in [-0.05, 0) is 41.3 Å². The summed E-state index contributed by atoms with van der Waals surface area (Å²) in [5, 5.41) is 13.8. The number of fused-ring (bicyclic) bond motifs is 1. The Kier molecular flexibility index (Phi) is 3.81. The quantitative estimate of drug-likeness (QED) is 0.736. The van der Waals surface area contributed by atoms with Crippen LogP contribution in [0.4, 0.5) is 4.39 Å². The minimum Gasteiger partial charge on any atom is -0.388 e. The fourth-order valence-corrected chi connectivity index (χ4v) is 3.19. The second kappa shape index (κ2) is 5.73. The fourth-order valence-electron chi connectivity index (χ4n) is 2.47. The van der Waals surface area contributed by atoms with E-state index in [1.54, 1.807) is 23.5 Å². The molecule has 102 valence electrons. The molecule has 0 amide bonds. The van der Waals surface area contributed by atoms with Gasteiger partial charge >= 0.3 is 0 Å². The van der Waals surface area contributed by atoms with E-state index in [9.17, 15) is 9.50 Å². The minimum absolute atomic E-state index is 0.241. The van der Waals surface area contributed by atoms with Gasteiger partial charge in [0.05, 0.1) is 6.10 Å². The van der Waals surface area contributed by atoms with Crippen molar-refractivity contribution in [2.24, 2.45) is 0 Å². The number of aryl methyl sites for hydroxylation is 1. The standard InChI is InChI=1S/C17H15FOS/c18-16-9-8-15(13-5-1-2-6-14(13)16)17(19)10-7-12-4-3-11-20-12/h1-6,8-9,11,17,19H,7,10H2. The Morgan fingerprint density at radius 2 is 1.80 bits per heavy atom. The number of aliphatic hydroxyl groups is 1. The van der Waals surface area contributed by atoms with Crippen molar-refractivity contribution < 1.29 is 9.50 Å². The molecule has 0 aliphatic rings. The molecule has 3 rings (SSSR count). The number of benzene rings is 2. The Morgan fingerprint density at radius 1 is 1.00 bits per heavy atom. The number of aliphatic hydroxyl groups excluding tert-OH is 1. The molecule has 1 heterocycles. The summed E-state index contributed by atoms with van der Waals surface area (Å²) in [5.74, 6) is -0.241. The lowest BCUT2D eigenvalue weighted by molar-refractivity contribution is 0.169. The molecule has 0 aliphatic carbocycles. The highest BCUT2D eigenvalue weighted by Gasteiger charge is 2.13. The Morgan fingerprint density at radius 3 is 2.55 bits per heavy atom. The predicted molar refractivity (Wildman–Crippen MR) is 81.5 cm³/mol. The van der Waals surface area contributed by atoms with E-state index in [2.05, 4.69) is 6.07 Å². The summed E-state index contributed by atoms with van der Waals surface area (Å²) in [4.78, 5) is 1.26. The van der Waals surface area contributed by atoms with Gasteiger partial charge in [0.2, 0.25) is 0 Å². The van der Waals surface area contributed by atoms with Crippen LogP contribution in [0.3, 0.4) is 0 Å². The minimum atomic E-state index is -0.567. The van der Waals surface area contributed by atoms with Gasteiger partial charge in [-0.1, -0.05) is 36.4 Å². The maximum Gasteiger partial charge on any atom is 0.131 e. The van der Waals surface area contributed by atoms with Crippen LogP contribution in [0.5, 0.6) is 0 Å². The van der Waals surface area contributed by atoms with Crippen LogP contribution in [0.2, 0.25) is 0 Å². The first-order valence-electron chi connectivity index (χ1n) is 6.63. The molecule has 0 radical (unpaired) electrons. The van der Waals surface area contributed by atoms with Crippen LogP contribution < -0.4 is 0 Å². The van der Waals surface area contributed by atoms with E-state index in [0.29, 0.717) is 11.8 Å². The summed E-state index contributed by atoms with van der Waals surface area (Å²) in [7, 11) is 0. The van der Waals surface area contributed by atoms with E-state index in [1.165, 1.54) is 10.9 Å². The summed E-state index contributed by atoms with van der Waals surface area (Å²) in [6.07, 6.45) is 0.920. The van der Waals surface area contributed by atoms with Gasteiger partial charge in [-0.25, -0.2) is 4.39 Å². The molecule has 0 aliphatic heterocycles. The highest BCUT2D eigenvalue weighted by Crippen LogP contribution is 2.29. The van der Waals surface area contributed by atoms with Gasteiger partial charge in [-0.2, -0.15) is 0 Å². The van der Waals surface area contributed by atoms with Crippen LogP contribution >= 0.6 is 11.3 Å². The van der Waals surface area contributed by atoms with Crippen LogP contribution in [0.1, 0.15) is 23.0 Å². The molecule has 1 atom stereocenters. The lowest BCUT2D eigenvalue weighted by Crippen LogP contribution is -2.00. The van der Waals surface area contributed by atoms with E-state index in [-0.39, 0.29) is 5.82 Å². The third kappa shape index (κ3) is 2.60. The van der Waals surface area contributed by atoms with Gasteiger partial charge in [0.15, 0.2) is 0 Å². The summed E-state index contributed by atoms with van der Waals surface area (Å²) >= 11 is 1.70. The smallest absolute Gasteiger partial charge is 0.131 e. The summed E-state index contributed by atoms with van der Waals surface area (Å²) in [5.41, 5.74) is 0.804. The van der Waals surface area contributed by atoms with Gasteiger partial charge < -0.3 is 5.11 Å². The Labute approximate surface area is 121 Å². The van der Waals surface area contributed by atoms with Crippen LogP contribution in [-0.4, -0.2) is 5.11 Å². The number of rotatable bonds is 4. The molecule has 1 nitrogen and oxygen atoms in total. The zero-order valence-electron chi connectivity index (χ0n) is 10.9. The van der Waals surface area contributed by atoms with Gasteiger partial charge in [-0.15, -0.1) is 11.3 Å². The largest absolute Gasteiger partial charge is 0.388 e. The molecule has 1 unspecified atom stereocenters. The van der Waals surface area contributed by atoms with Gasteiger partial charge in [0.25, 0.3) is 0 Å². The van der Waals surface area contributed by atoms with Gasteiger partial charge in [0, 0.05) is 10.3 Å². The second-order valence-corrected chi connectivity index (χ2v) is 5.85. The van der Waals surface area contributed by atoms with Crippen molar-refractivity contribution in [1.29, 1.82) is 0 Å². The average molecular weight is 286 g/mol. The molecular weight excluding hydrogens is 271 g/mol. The molecule has 20 heavy (non-hydrogen) atoms. The highest BCUT2D eigenvalue weighted by atomic mass is 32.1. The number of thiophene rings is 1. The average Bonchev–Trinajstić information content (AvgIpc) is 2.99. The molecule has 3 aromatic rings. The number of hydrogen-bond donors (Lipinski definition) is 1. The third-order valence-corrected chi connectivity index (χ3v) is 4.44. The van der Waals surface area contributed by atoms with Crippen LogP contribution in [0.25, 0.3) is 10.8 Å². The van der Waals surface area contributed by atoms with E-state index < -0.39 is 6.10 Å². The third-order valence-electron chi connectivity index (χ3n) is 3.51. The molecule has 0 fully saturated rings. The first-order valence-corrected chi connectivity index (χ1v) is 7.51. The van der Waals surface area contributed by atoms with Crippen molar-refractivity contribution in [1.82, 2.24) is 0 Å². The molecular formula is C17H15FOS. The molecule has 0 saturated carbocycles. The number of halogens is 1.